The second-order valence-corrected chi connectivity index (χ2v) is 5.54. The average molecular weight is 350 g/mol. The van der Waals surface area contributed by atoms with Crippen LogP contribution in [0.15, 0.2) is 12.1 Å². The number of unbranched alkanes of at least 4 members (excludes halogenated alkanes) is 4. The van der Waals surface area contributed by atoms with Gasteiger partial charge in [-0.05, 0) is 37.6 Å². The molecule has 0 heterocycles. The molecule has 0 aliphatic carbocycles. The van der Waals surface area contributed by atoms with Crippen molar-refractivity contribution in [2.45, 2.75) is 52.5 Å². The number of hydrogen-bond donors (Lipinski definition) is 1. The number of benzene rings is 1. The largest absolute Gasteiger partial charge is 0.491 e. The van der Waals surface area contributed by atoms with Crippen molar-refractivity contribution in [2.24, 2.45) is 0 Å². The molecule has 0 aliphatic rings. The van der Waals surface area contributed by atoms with Gasteiger partial charge in [0.25, 0.3) is 0 Å². The fourth-order valence-corrected chi connectivity index (χ4v) is 2.58. The normalized spacial score (nSPS) is 10.2. The van der Waals surface area contributed by atoms with Crippen molar-refractivity contribution in [3.63, 3.8) is 0 Å². The van der Waals surface area contributed by atoms with Crippen molar-refractivity contribution < 1.29 is 9.47 Å². The quantitative estimate of drug-likeness (QED) is 0.555. The first-order valence-electron chi connectivity index (χ1n) is 7.92. The first-order valence-corrected chi connectivity index (χ1v) is 8.30. The molecule has 22 heavy (non-hydrogen) atoms. The molecule has 1 aromatic rings. The van der Waals surface area contributed by atoms with E-state index < -0.39 is 0 Å². The molecule has 0 radical (unpaired) electrons. The summed E-state index contributed by atoms with van der Waals surface area (Å²) in [5.41, 5.74) is 1.12. The van der Waals surface area contributed by atoms with E-state index in [9.17, 15) is 0 Å². The van der Waals surface area contributed by atoms with Gasteiger partial charge in [0.15, 0.2) is 11.5 Å². The summed E-state index contributed by atoms with van der Waals surface area (Å²) in [5.74, 6) is 1.33. The zero-order valence-electron chi connectivity index (χ0n) is 13.9. The van der Waals surface area contributed by atoms with Crippen molar-refractivity contribution in [1.82, 2.24) is 5.32 Å². The Morgan fingerprint density at radius 3 is 2.45 bits per heavy atom. The molecular formula is C17H29Cl2NO2. The lowest BCUT2D eigenvalue weighted by Crippen LogP contribution is -2.14. The Bertz CT molecular complexity index is 414. The SMILES string of the molecule is CCCCCCCNCc1cc(Cl)c(OC)c(OCC)c1.Cl. The maximum atomic E-state index is 6.23. The summed E-state index contributed by atoms with van der Waals surface area (Å²) in [4.78, 5) is 0. The molecule has 5 heteroatoms. The highest BCUT2D eigenvalue weighted by Crippen LogP contribution is 2.36. The molecule has 0 spiro atoms. The molecule has 0 unspecified atom stereocenters. The zero-order valence-corrected chi connectivity index (χ0v) is 15.5. The Morgan fingerprint density at radius 2 is 1.82 bits per heavy atom. The third-order valence-electron chi connectivity index (χ3n) is 3.36. The first-order chi connectivity index (χ1) is 10.2. The van der Waals surface area contributed by atoms with E-state index in [1.54, 1.807) is 7.11 Å². The predicted molar refractivity (Wildman–Crippen MR) is 96.9 cm³/mol. The summed E-state index contributed by atoms with van der Waals surface area (Å²) in [6.45, 7) is 6.63. The minimum atomic E-state index is 0. The molecule has 0 saturated heterocycles. The molecule has 0 fully saturated rings. The molecule has 128 valence electrons. The average Bonchev–Trinajstić information content (AvgIpc) is 2.46. The summed E-state index contributed by atoms with van der Waals surface area (Å²) >= 11 is 6.23. The van der Waals surface area contributed by atoms with Crippen LogP contribution >= 0.6 is 24.0 Å². The van der Waals surface area contributed by atoms with Gasteiger partial charge in [-0.2, -0.15) is 0 Å². The lowest BCUT2D eigenvalue weighted by atomic mass is 10.1. The van der Waals surface area contributed by atoms with E-state index in [1.165, 1.54) is 32.1 Å². The predicted octanol–water partition coefficient (Wildman–Crippen LogP) is 5.23. The van der Waals surface area contributed by atoms with Crippen molar-refractivity contribution in [2.75, 3.05) is 20.3 Å². The third kappa shape index (κ3) is 7.57. The number of rotatable bonds is 11. The topological polar surface area (TPSA) is 30.5 Å². The van der Waals surface area contributed by atoms with Gasteiger partial charge in [0.2, 0.25) is 0 Å². The molecule has 1 N–H and O–H groups in total. The van der Waals surface area contributed by atoms with Crippen molar-refractivity contribution in [3.05, 3.63) is 22.7 Å². The maximum Gasteiger partial charge on any atom is 0.179 e. The summed E-state index contributed by atoms with van der Waals surface area (Å²) < 4.78 is 10.9. The highest BCUT2D eigenvalue weighted by Gasteiger charge is 2.11. The number of ether oxygens (including phenoxy) is 2. The smallest absolute Gasteiger partial charge is 0.179 e. The molecule has 0 saturated carbocycles. The summed E-state index contributed by atoms with van der Waals surface area (Å²) in [6.07, 6.45) is 6.49. The Hall–Kier alpha value is -0.640. The highest BCUT2D eigenvalue weighted by molar-refractivity contribution is 6.32. The highest BCUT2D eigenvalue weighted by atomic mass is 35.5. The number of nitrogens with one attached hydrogen (secondary N) is 1. The summed E-state index contributed by atoms with van der Waals surface area (Å²) in [5, 5.41) is 4.06. The zero-order chi connectivity index (χ0) is 15.5. The van der Waals surface area contributed by atoms with E-state index in [2.05, 4.69) is 12.2 Å². The molecule has 0 amide bonds. The Morgan fingerprint density at radius 1 is 1.09 bits per heavy atom. The van der Waals surface area contributed by atoms with Crippen LogP contribution in [0.1, 0.15) is 51.5 Å². The molecule has 0 aliphatic heterocycles. The minimum Gasteiger partial charge on any atom is -0.491 e. The van der Waals surface area contributed by atoms with Gasteiger partial charge in [-0.3, -0.25) is 0 Å². The van der Waals surface area contributed by atoms with Crippen LogP contribution in [-0.4, -0.2) is 20.3 Å². The summed E-state index contributed by atoms with van der Waals surface area (Å²) in [6, 6.07) is 3.94. The van der Waals surface area contributed by atoms with Gasteiger partial charge in [-0.25, -0.2) is 0 Å². The molecule has 0 bridgehead atoms. The lowest BCUT2D eigenvalue weighted by Gasteiger charge is -2.13. The van der Waals surface area contributed by atoms with Crippen LogP contribution in [0.3, 0.4) is 0 Å². The van der Waals surface area contributed by atoms with E-state index in [1.807, 2.05) is 19.1 Å². The van der Waals surface area contributed by atoms with Crippen molar-refractivity contribution >= 4 is 24.0 Å². The van der Waals surface area contributed by atoms with E-state index in [4.69, 9.17) is 21.1 Å². The Labute approximate surface area is 146 Å². The van der Waals surface area contributed by atoms with Crippen molar-refractivity contribution in [3.8, 4) is 11.5 Å². The fourth-order valence-electron chi connectivity index (χ4n) is 2.27. The van der Waals surface area contributed by atoms with Gasteiger partial charge in [-0.1, -0.05) is 44.2 Å². The second kappa shape index (κ2) is 12.9. The van der Waals surface area contributed by atoms with Crippen LogP contribution in [0, 0.1) is 0 Å². The Balaban J connectivity index is 0.00000441. The molecule has 1 aromatic carbocycles. The molecular weight excluding hydrogens is 321 g/mol. The van der Waals surface area contributed by atoms with Gasteiger partial charge in [0, 0.05) is 6.54 Å². The first kappa shape index (κ1) is 21.4. The van der Waals surface area contributed by atoms with Crippen LogP contribution in [0.25, 0.3) is 0 Å². The van der Waals surface area contributed by atoms with Gasteiger partial charge >= 0.3 is 0 Å². The minimum absolute atomic E-state index is 0. The third-order valence-corrected chi connectivity index (χ3v) is 3.64. The number of methoxy groups -OCH3 is 1. The molecule has 3 nitrogen and oxygen atoms in total. The number of hydrogen-bond acceptors (Lipinski definition) is 3. The monoisotopic (exact) mass is 349 g/mol. The number of halogens is 2. The van der Waals surface area contributed by atoms with E-state index in [0.717, 1.165) is 18.7 Å². The van der Waals surface area contributed by atoms with Crippen LogP contribution in [-0.2, 0) is 6.54 Å². The Kier molecular flexibility index (Phi) is 12.5. The van der Waals surface area contributed by atoms with Crippen LogP contribution < -0.4 is 14.8 Å². The molecule has 1 rings (SSSR count). The lowest BCUT2D eigenvalue weighted by molar-refractivity contribution is 0.310. The van der Waals surface area contributed by atoms with E-state index >= 15 is 0 Å². The summed E-state index contributed by atoms with van der Waals surface area (Å²) in [7, 11) is 1.61. The second-order valence-electron chi connectivity index (χ2n) is 5.13. The van der Waals surface area contributed by atoms with E-state index in [0.29, 0.717) is 23.1 Å². The van der Waals surface area contributed by atoms with Crippen LogP contribution in [0.2, 0.25) is 5.02 Å². The van der Waals surface area contributed by atoms with Gasteiger partial charge in [-0.15, -0.1) is 12.4 Å². The molecule has 0 atom stereocenters. The standard InChI is InChI=1S/C17H28ClNO2.ClH/c1-4-6-7-8-9-10-19-13-14-11-15(18)17(20-3)16(12-14)21-5-2;/h11-12,19H,4-10,13H2,1-3H3;1H. The fraction of sp³-hybridized carbons (Fsp3) is 0.647. The van der Waals surface area contributed by atoms with Gasteiger partial charge in [0.05, 0.1) is 18.7 Å². The van der Waals surface area contributed by atoms with Gasteiger partial charge in [0.1, 0.15) is 0 Å². The van der Waals surface area contributed by atoms with Gasteiger partial charge < -0.3 is 14.8 Å². The van der Waals surface area contributed by atoms with Crippen LogP contribution in [0.4, 0.5) is 0 Å². The maximum absolute atomic E-state index is 6.23. The molecule has 0 aromatic heterocycles. The van der Waals surface area contributed by atoms with E-state index in [-0.39, 0.29) is 12.4 Å². The van der Waals surface area contributed by atoms with Crippen molar-refractivity contribution in [1.29, 1.82) is 0 Å². The van der Waals surface area contributed by atoms with Crippen LogP contribution in [0.5, 0.6) is 11.5 Å².